The molecule has 3 unspecified atom stereocenters. The van der Waals surface area contributed by atoms with E-state index in [1.165, 1.54) is 0 Å². The van der Waals surface area contributed by atoms with Gasteiger partial charge in [-0.3, -0.25) is 0 Å². The zero-order valence-electron chi connectivity index (χ0n) is 14.5. The maximum atomic E-state index is 12.9. The van der Waals surface area contributed by atoms with E-state index in [2.05, 4.69) is 31.1 Å². The molecule has 1 aliphatic carbocycles. The molecule has 0 amide bonds. The Hall–Kier alpha value is -0.620. The average molecular weight is 348 g/mol. The number of alkyl halides is 3. The van der Waals surface area contributed by atoms with Crippen LogP contribution in [0.4, 0.5) is 13.2 Å². The SMILES string of the molecule is Cc1nc(C(C)(C)C)sc1C(C)NC1CCCC(C(F)(F)F)C1. The lowest BCUT2D eigenvalue weighted by atomic mass is 9.85. The van der Waals surface area contributed by atoms with Crippen molar-refractivity contribution < 1.29 is 13.2 Å². The normalized spacial score (nSPS) is 24.7. The smallest absolute Gasteiger partial charge is 0.307 e. The topological polar surface area (TPSA) is 24.9 Å². The summed E-state index contributed by atoms with van der Waals surface area (Å²) >= 11 is 1.67. The van der Waals surface area contributed by atoms with Crippen LogP contribution >= 0.6 is 11.3 Å². The summed E-state index contributed by atoms with van der Waals surface area (Å²) in [6.07, 6.45) is -2.14. The van der Waals surface area contributed by atoms with Crippen molar-refractivity contribution in [2.45, 2.75) is 84.0 Å². The zero-order chi connectivity index (χ0) is 17.4. The highest BCUT2D eigenvalue weighted by Gasteiger charge is 2.42. The highest BCUT2D eigenvalue weighted by molar-refractivity contribution is 7.12. The van der Waals surface area contributed by atoms with Crippen LogP contribution < -0.4 is 5.32 Å². The van der Waals surface area contributed by atoms with E-state index < -0.39 is 12.1 Å². The molecule has 132 valence electrons. The van der Waals surface area contributed by atoms with Crippen LogP contribution in [-0.4, -0.2) is 17.2 Å². The van der Waals surface area contributed by atoms with E-state index in [0.717, 1.165) is 22.0 Å². The van der Waals surface area contributed by atoms with E-state index >= 15 is 0 Å². The van der Waals surface area contributed by atoms with Gasteiger partial charge in [-0.1, -0.05) is 27.2 Å². The predicted molar refractivity (Wildman–Crippen MR) is 88.9 cm³/mol. The van der Waals surface area contributed by atoms with Crippen LogP contribution in [0.1, 0.15) is 75.0 Å². The summed E-state index contributed by atoms with van der Waals surface area (Å²) in [7, 11) is 0. The Kier molecular flexibility index (Phi) is 5.46. The summed E-state index contributed by atoms with van der Waals surface area (Å²) in [4.78, 5) is 5.79. The third-order valence-electron chi connectivity index (χ3n) is 4.49. The largest absolute Gasteiger partial charge is 0.391 e. The van der Waals surface area contributed by atoms with E-state index in [-0.39, 0.29) is 30.3 Å². The summed E-state index contributed by atoms with van der Waals surface area (Å²) in [5.41, 5.74) is 0.989. The highest BCUT2D eigenvalue weighted by Crippen LogP contribution is 2.39. The van der Waals surface area contributed by atoms with Gasteiger partial charge >= 0.3 is 6.18 Å². The van der Waals surface area contributed by atoms with Crippen LogP contribution in [0.25, 0.3) is 0 Å². The van der Waals surface area contributed by atoms with Gasteiger partial charge in [-0.15, -0.1) is 11.3 Å². The molecule has 0 radical (unpaired) electrons. The molecule has 23 heavy (non-hydrogen) atoms. The van der Waals surface area contributed by atoms with Crippen LogP contribution in [0.5, 0.6) is 0 Å². The number of aromatic nitrogens is 1. The molecule has 0 spiro atoms. The van der Waals surface area contributed by atoms with Gasteiger partial charge in [0.05, 0.1) is 16.6 Å². The number of nitrogens with zero attached hydrogens (tertiary/aromatic N) is 1. The van der Waals surface area contributed by atoms with Crippen molar-refractivity contribution in [1.29, 1.82) is 0 Å². The molecule has 0 saturated heterocycles. The van der Waals surface area contributed by atoms with Gasteiger partial charge in [0.15, 0.2) is 0 Å². The second-order valence-corrected chi connectivity index (χ2v) is 8.74. The second kappa shape index (κ2) is 6.71. The van der Waals surface area contributed by atoms with Crippen molar-refractivity contribution in [2.75, 3.05) is 0 Å². The molecule has 2 rings (SSSR count). The molecule has 0 aromatic carbocycles. The summed E-state index contributed by atoms with van der Waals surface area (Å²) < 4.78 is 38.8. The number of thiazole rings is 1. The van der Waals surface area contributed by atoms with Gasteiger partial charge < -0.3 is 5.32 Å². The van der Waals surface area contributed by atoms with Gasteiger partial charge in [0, 0.05) is 22.4 Å². The van der Waals surface area contributed by atoms with Gasteiger partial charge in [0.1, 0.15) is 0 Å². The fourth-order valence-corrected chi connectivity index (χ4v) is 4.33. The molecule has 0 bridgehead atoms. The minimum Gasteiger partial charge on any atom is -0.307 e. The Morgan fingerprint density at radius 1 is 1.22 bits per heavy atom. The Labute approximate surface area is 140 Å². The van der Waals surface area contributed by atoms with Crippen molar-refractivity contribution in [3.05, 3.63) is 15.6 Å². The number of halogens is 3. The quantitative estimate of drug-likeness (QED) is 0.778. The van der Waals surface area contributed by atoms with E-state index in [1.807, 2.05) is 13.8 Å². The Morgan fingerprint density at radius 2 is 1.87 bits per heavy atom. The van der Waals surface area contributed by atoms with Gasteiger partial charge in [0.25, 0.3) is 0 Å². The highest BCUT2D eigenvalue weighted by atomic mass is 32.1. The minimum atomic E-state index is -4.07. The zero-order valence-corrected chi connectivity index (χ0v) is 15.4. The lowest BCUT2D eigenvalue weighted by molar-refractivity contribution is -0.183. The summed E-state index contributed by atoms with van der Waals surface area (Å²) in [6, 6.07) is -0.0226. The Morgan fingerprint density at radius 3 is 2.39 bits per heavy atom. The summed E-state index contributed by atoms with van der Waals surface area (Å²) in [5, 5.41) is 4.49. The summed E-state index contributed by atoms with van der Waals surface area (Å²) in [6.45, 7) is 10.4. The van der Waals surface area contributed by atoms with E-state index in [1.54, 1.807) is 11.3 Å². The lowest BCUT2D eigenvalue weighted by Gasteiger charge is -2.32. The van der Waals surface area contributed by atoms with Gasteiger partial charge in [-0.2, -0.15) is 13.2 Å². The van der Waals surface area contributed by atoms with Crippen molar-refractivity contribution in [3.63, 3.8) is 0 Å². The molecule has 1 heterocycles. The molecule has 0 aliphatic heterocycles. The molecule has 1 aromatic heterocycles. The second-order valence-electron chi connectivity index (χ2n) is 7.71. The maximum absolute atomic E-state index is 12.9. The van der Waals surface area contributed by atoms with Gasteiger partial charge in [-0.25, -0.2) is 4.98 Å². The summed E-state index contributed by atoms with van der Waals surface area (Å²) in [5.74, 6) is -1.16. The standard InChI is InChI=1S/C17H27F3N2S/c1-10(14-11(2)22-15(23-14)16(3,4)5)21-13-8-6-7-12(9-13)17(18,19)20/h10,12-13,21H,6-9H2,1-5H3. The van der Waals surface area contributed by atoms with Crippen molar-refractivity contribution in [2.24, 2.45) is 5.92 Å². The first kappa shape index (κ1) is 18.7. The first-order chi connectivity index (χ1) is 10.5. The fraction of sp³-hybridized carbons (Fsp3) is 0.824. The first-order valence-electron chi connectivity index (χ1n) is 8.29. The predicted octanol–water partition coefficient (Wildman–Crippen LogP) is 5.52. The number of rotatable bonds is 3. The van der Waals surface area contributed by atoms with Crippen LogP contribution in [0.2, 0.25) is 0 Å². The number of nitrogens with one attached hydrogen (secondary N) is 1. The average Bonchev–Trinajstić information content (AvgIpc) is 2.80. The molecular weight excluding hydrogens is 321 g/mol. The lowest BCUT2D eigenvalue weighted by Crippen LogP contribution is -2.39. The molecule has 1 saturated carbocycles. The van der Waals surface area contributed by atoms with Crippen LogP contribution in [0.3, 0.4) is 0 Å². The Balaban J connectivity index is 2.04. The monoisotopic (exact) mass is 348 g/mol. The fourth-order valence-electron chi connectivity index (χ4n) is 3.20. The molecule has 3 atom stereocenters. The number of hydrogen-bond donors (Lipinski definition) is 1. The van der Waals surface area contributed by atoms with Gasteiger partial charge in [-0.05, 0) is 33.1 Å². The van der Waals surface area contributed by atoms with E-state index in [0.29, 0.717) is 6.42 Å². The van der Waals surface area contributed by atoms with Crippen LogP contribution in [0.15, 0.2) is 0 Å². The van der Waals surface area contributed by atoms with Crippen molar-refractivity contribution in [1.82, 2.24) is 10.3 Å². The van der Waals surface area contributed by atoms with Gasteiger partial charge in [0.2, 0.25) is 0 Å². The number of aryl methyl sites for hydroxylation is 1. The number of hydrogen-bond acceptors (Lipinski definition) is 3. The molecule has 1 N–H and O–H groups in total. The maximum Gasteiger partial charge on any atom is 0.391 e. The first-order valence-corrected chi connectivity index (χ1v) is 9.10. The van der Waals surface area contributed by atoms with Crippen molar-refractivity contribution in [3.8, 4) is 0 Å². The third-order valence-corrected chi connectivity index (χ3v) is 6.26. The molecule has 2 nitrogen and oxygen atoms in total. The molecule has 6 heteroatoms. The third kappa shape index (κ3) is 4.69. The van der Waals surface area contributed by atoms with E-state index in [9.17, 15) is 13.2 Å². The molecule has 1 aromatic rings. The Bertz CT molecular complexity index is 531. The minimum absolute atomic E-state index is 0.000382. The molecular formula is C17H27F3N2S. The van der Waals surface area contributed by atoms with Crippen molar-refractivity contribution >= 4 is 11.3 Å². The van der Waals surface area contributed by atoms with Crippen LogP contribution in [-0.2, 0) is 5.41 Å². The van der Waals surface area contributed by atoms with Crippen LogP contribution in [0, 0.1) is 12.8 Å². The molecule has 1 fully saturated rings. The molecule has 1 aliphatic rings. The van der Waals surface area contributed by atoms with E-state index in [4.69, 9.17) is 0 Å².